The summed E-state index contributed by atoms with van der Waals surface area (Å²) in [7, 11) is -4.76. The first-order valence-electron chi connectivity index (χ1n) is 7.56. The number of benzene rings is 1. The third-order valence-corrected chi connectivity index (χ3v) is 5.98. The van der Waals surface area contributed by atoms with Crippen molar-refractivity contribution >= 4 is 42.8 Å². The molecule has 2 aromatic heterocycles. The van der Waals surface area contributed by atoms with Crippen molar-refractivity contribution in [2.75, 3.05) is 6.61 Å². The standard InChI is InChI=1S/C16H12BrF3N2O4S/c1-2-26-15(23)13-14(10-8-9(17)5-6-11(10)21-13)27(24,25)22-7-3-4-12(22)16(18,19)20/h3-8,21H,2H2,1H3. The average Bonchev–Trinajstić information content (AvgIpc) is 3.19. The minimum Gasteiger partial charge on any atom is -0.461 e. The van der Waals surface area contributed by atoms with E-state index < -0.39 is 38.5 Å². The number of fused-ring (bicyclic) bond motifs is 1. The lowest BCUT2D eigenvalue weighted by Gasteiger charge is -2.13. The maximum atomic E-state index is 13.2. The monoisotopic (exact) mass is 464 g/mol. The van der Waals surface area contributed by atoms with Crippen molar-refractivity contribution in [1.82, 2.24) is 8.96 Å². The Morgan fingerprint density at radius 2 is 2.00 bits per heavy atom. The number of hydrogen-bond donors (Lipinski definition) is 1. The van der Waals surface area contributed by atoms with Crippen LogP contribution in [0.1, 0.15) is 23.1 Å². The number of carbonyl (C=O) groups is 1. The lowest BCUT2D eigenvalue weighted by atomic mass is 10.2. The molecule has 0 unspecified atom stereocenters. The van der Waals surface area contributed by atoms with Gasteiger partial charge in [0, 0.05) is 21.6 Å². The topological polar surface area (TPSA) is 81.2 Å². The SMILES string of the molecule is CCOC(=O)c1[nH]c2ccc(Br)cc2c1S(=O)(=O)n1cccc1C(F)(F)F. The number of ether oxygens (including phenoxy) is 1. The number of halogens is 4. The van der Waals surface area contributed by atoms with Crippen LogP contribution < -0.4 is 0 Å². The lowest BCUT2D eigenvalue weighted by Crippen LogP contribution is -2.22. The Balaban J connectivity index is 2.35. The summed E-state index contributed by atoms with van der Waals surface area (Å²) in [6.45, 7) is 1.49. The van der Waals surface area contributed by atoms with Gasteiger partial charge in [-0.25, -0.2) is 17.2 Å². The Morgan fingerprint density at radius 1 is 1.30 bits per heavy atom. The Morgan fingerprint density at radius 3 is 2.63 bits per heavy atom. The lowest BCUT2D eigenvalue weighted by molar-refractivity contribution is -0.141. The summed E-state index contributed by atoms with van der Waals surface area (Å²) in [4.78, 5) is 14.3. The van der Waals surface area contributed by atoms with Gasteiger partial charge >= 0.3 is 12.1 Å². The van der Waals surface area contributed by atoms with Crippen molar-refractivity contribution in [3.8, 4) is 0 Å². The van der Waals surface area contributed by atoms with E-state index >= 15 is 0 Å². The molecule has 0 amide bonds. The van der Waals surface area contributed by atoms with E-state index in [1.54, 1.807) is 6.07 Å². The molecule has 0 aliphatic heterocycles. The number of hydrogen-bond acceptors (Lipinski definition) is 4. The highest BCUT2D eigenvalue weighted by Crippen LogP contribution is 2.35. The molecule has 1 N–H and O–H groups in total. The number of aromatic nitrogens is 2. The highest BCUT2D eigenvalue weighted by molar-refractivity contribution is 9.10. The first kappa shape index (κ1) is 19.5. The van der Waals surface area contributed by atoms with E-state index in [9.17, 15) is 26.4 Å². The van der Waals surface area contributed by atoms with Crippen LogP contribution in [0.4, 0.5) is 13.2 Å². The average molecular weight is 465 g/mol. The first-order chi connectivity index (χ1) is 12.6. The number of nitrogens with one attached hydrogen (secondary N) is 1. The van der Waals surface area contributed by atoms with Gasteiger partial charge in [-0.3, -0.25) is 0 Å². The summed E-state index contributed by atoms with van der Waals surface area (Å²) < 4.78 is 71.3. The molecule has 0 aliphatic rings. The van der Waals surface area contributed by atoms with Crippen LogP contribution in [0, 0.1) is 0 Å². The highest BCUT2D eigenvalue weighted by Gasteiger charge is 2.39. The molecule has 27 heavy (non-hydrogen) atoms. The molecule has 144 valence electrons. The van der Waals surface area contributed by atoms with Crippen molar-refractivity contribution < 1.29 is 31.1 Å². The summed E-state index contributed by atoms with van der Waals surface area (Å²) in [6, 6.07) is 6.11. The van der Waals surface area contributed by atoms with Gasteiger partial charge in [-0.15, -0.1) is 0 Å². The Hall–Kier alpha value is -2.27. The van der Waals surface area contributed by atoms with Gasteiger partial charge in [-0.05, 0) is 37.3 Å². The van der Waals surface area contributed by atoms with Crippen LogP contribution in [0.25, 0.3) is 10.9 Å². The molecule has 0 saturated carbocycles. The summed E-state index contributed by atoms with van der Waals surface area (Å²) in [5.74, 6) is -0.982. The van der Waals surface area contributed by atoms with E-state index in [0.717, 1.165) is 12.3 Å². The van der Waals surface area contributed by atoms with Crippen LogP contribution in [-0.4, -0.2) is 30.0 Å². The fraction of sp³-hybridized carbons (Fsp3) is 0.188. The molecule has 1 aromatic carbocycles. The number of carbonyl (C=O) groups excluding carboxylic acids is 1. The molecule has 0 bridgehead atoms. The number of H-pyrrole nitrogens is 1. The van der Waals surface area contributed by atoms with Gasteiger partial charge in [0.2, 0.25) is 0 Å². The molecule has 2 heterocycles. The van der Waals surface area contributed by atoms with Gasteiger partial charge in [0.1, 0.15) is 16.3 Å². The van der Waals surface area contributed by atoms with Gasteiger partial charge in [0.25, 0.3) is 10.0 Å². The molecule has 0 saturated heterocycles. The van der Waals surface area contributed by atoms with Gasteiger partial charge < -0.3 is 9.72 Å². The van der Waals surface area contributed by atoms with E-state index in [1.165, 1.54) is 19.1 Å². The van der Waals surface area contributed by atoms with E-state index in [1.807, 2.05) is 0 Å². The number of nitrogens with zero attached hydrogens (tertiary/aromatic N) is 1. The zero-order chi connectivity index (χ0) is 20.0. The van der Waals surface area contributed by atoms with E-state index in [4.69, 9.17) is 4.74 Å². The van der Waals surface area contributed by atoms with E-state index in [0.29, 0.717) is 10.5 Å². The molecule has 11 heteroatoms. The van der Waals surface area contributed by atoms with Crippen LogP contribution in [-0.2, 0) is 20.9 Å². The fourth-order valence-corrected chi connectivity index (χ4v) is 4.70. The predicted octanol–water partition coefficient (Wildman–Crippen LogP) is 4.16. The van der Waals surface area contributed by atoms with E-state index in [2.05, 4.69) is 20.9 Å². The van der Waals surface area contributed by atoms with Crippen molar-refractivity contribution in [2.24, 2.45) is 0 Å². The quantitative estimate of drug-likeness (QED) is 0.587. The predicted molar refractivity (Wildman–Crippen MR) is 94.0 cm³/mol. The maximum absolute atomic E-state index is 13.2. The summed E-state index contributed by atoms with van der Waals surface area (Å²) in [6.07, 6.45) is -4.11. The third kappa shape index (κ3) is 3.36. The Bertz CT molecular complexity index is 1130. The zero-order valence-electron chi connectivity index (χ0n) is 13.7. The largest absolute Gasteiger partial charge is 0.461 e. The van der Waals surface area contributed by atoms with Crippen molar-refractivity contribution in [3.63, 3.8) is 0 Å². The molecular weight excluding hydrogens is 453 g/mol. The number of alkyl halides is 3. The molecule has 6 nitrogen and oxygen atoms in total. The molecule has 0 fully saturated rings. The van der Waals surface area contributed by atoms with Crippen molar-refractivity contribution in [2.45, 2.75) is 18.0 Å². The molecule has 0 aliphatic carbocycles. The molecule has 0 spiro atoms. The first-order valence-corrected chi connectivity index (χ1v) is 9.79. The fourth-order valence-electron chi connectivity index (χ4n) is 2.65. The van der Waals surface area contributed by atoms with Crippen molar-refractivity contribution in [1.29, 1.82) is 0 Å². The second kappa shape index (κ2) is 6.71. The minimum atomic E-state index is -4.90. The van der Waals surface area contributed by atoms with Crippen LogP contribution in [0.5, 0.6) is 0 Å². The zero-order valence-corrected chi connectivity index (χ0v) is 16.1. The van der Waals surface area contributed by atoms with Gasteiger partial charge in [-0.1, -0.05) is 15.9 Å². The number of rotatable bonds is 4. The van der Waals surface area contributed by atoms with Crippen LogP contribution in [0.3, 0.4) is 0 Å². The summed E-state index contributed by atoms with van der Waals surface area (Å²) in [5, 5.41) is 0.0641. The molecule has 3 rings (SSSR count). The molecule has 0 radical (unpaired) electrons. The van der Waals surface area contributed by atoms with Crippen molar-refractivity contribution in [3.05, 3.63) is 52.4 Å². The van der Waals surface area contributed by atoms with Gasteiger partial charge in [0.15, 0.2) is 0 Å². The normalized spacial score (nSPS) is 12.5. The number of aromatic amines is 1. The Labute approximate surface area is 160 Å². The highest BCUT2D eigenvalue weighted by atomic mass is 79.9. The Kier molecular flexibility index (Phi) is 4.85. The second-order valence-corrected chi connectivity index (χ2v) is 8.10. The van der Waals surface area contributed by atoms with Gasteiger partial charge in [-0.2, -0.15) is 13.2 Å². The van der Waals surface area contributed by atoms with Gasteiger partial charge in [0.05, 0.1) is 6.61 Å². The van der Waals surface area contributed by atoms with Crippen LogP contribution >= 0.6 is 15.9 Å². The molecular formula is C16H12BrF3N2O4S. The van der Waals surface area contributed by atoms with Crippen LogP contribution in [0.2, 0.25) is 0 Å². The second-order valence-electron chi connectivity index (χ2n) is 5.43. The minimum absolute atomic E-state index is 0.0330. The third-order valence-electron chi connectivity index (χ3n) is 3.71. The maximum Gasteiger partial charge on any atom is 0.432 e. The molecule has 0 atom stereocenters. The summed E-state index contributed by atoms with van der Waals surface area (Å²) in [5.41, 5.74) is -1.55. The number of esters is 1. The molecule has 3 aromatic rings. The summed E-state index contributed by atoms with van der Waals surface area (Å²) >= 11 is 3.19. The smallest absolute Gasteiger partial charge is 0.432 e. The van der Waals surface area contributed by atoms with E-state index in [-0.39, 0.29) is 21.5 Å². The van der Waals surface area contributed by atoms with Crippen LogP contribution in [0.15, 0.2) is 45.9 Å².